The highest BCUT2D eigenvalue weighted by atomic mass is 19.4. The van der Waals surface area contributed by atoms with Gasteiger partial charge in [0.05, 0.1) is 13.2 Å². The molecule has 3 rings (SSSR count). The van der Waals surface area contributed by atoms with Gasteiger partial charge in [-0.2, -0.15) is 18.2 Å². The van der Waals surface area contributed by atoms with E-state index in [2.05, 4.69) is 9.97 Å². The molecule has 10 heteroatoms. The SMILES string of the molecule is CCOc1ccc(OCC(=O)N2CCCC(Oc3nccc(C(F)(F)F)n3)C2)cc1. The number of benzene rings is 1. The number of hydrogen-bond acceptors (Lipinski definition) is 6. The second-order valence-corrected chi connectivity index (χ2v) is 6.64. The fourth-order valence-corrected chi connectivity index (χ4v) is 3.00. The summed E-state index contributed by atoms with van der Waals surface area (Å²) in [7, 11) is 0. The number of amides is 1. The summed E-state index contributed by atoms with van der Waals surface area (Å²) in [4.78, 5) is 21.2. The first kappa shape index (κ1) is 21.7. The number of alkyl halides is 3. The first-order valence-corrected chi connectivity index (χ1v) is 9.55. The predicted molar refractivity (Wildman–Crippen MR) is 100 cm³/mol. The Kier molecular flexibility index (Phi) is 6.96. The number of likely N-dealkylation sites (tertiary alicyclic amines) is 1. The van der Waals surface area contributed by atoms with E-state index in [9.17, 15) is 18.0 Å². The van der Waals surface area contributed by atoms with Gasteiger partial charge >= 0.3 is 12.2 Å². The van der Waals surface area contributed by atoms with Crippen molar-refractivity contribution in [3.63, 3.8) is 0 Å². The zero-order valence-electron chi connectivity index (χ0n) is 16.4. The van der Waals surface area contributed by atoms with E-state index >= 15 is 0 Å². The zero-order chi connectivity index (χ0) is 21.6. The van der Waals surface area contributed by atoms with Crippen molar-refractivity contribution in [2.45, 2.75) is 32.0 Å². The van der Waals surface area contributed by atoms with Gasteiger partial charge in [0.15, 0.2) is 12.3 Å². The lowest BCUT2D eigenvalue weighted by atomic mass is 10.1. The van der Waals surface area contributed by atoms with Crippen LogP contribution in [-0.2, 0) is 11.0 Å². The molecule has 30 heavy (non-hydrogen) atoms. The van der Waals surface area contributed by atoms with E-state index in [0.717, 1.165) is 12.3 Å². The number of piperidine rings is 1. The highest BCUT2D eigenvalue weighted by molar-refractivity contribution is 5.77. The number of nitrogens with zero attached hydrogens (tertiary/aromatic N) is 3. The molecule has 1 amide bonds. The monoisotopic (exact) mass is 425 g/mol. The van der Waals surface area contributed by atoms with Crippen LogP contribution in [0.3, 0.4) is 0 Å². The smallest absolute Gasteiger partial charge is 0.433 e. The van der Waals surface area contributed by atoms with Crippen LogP contribution in [0, 0.1) is 0 Å². The molecule has 1 aliphatic heterocycles. The van der Waals surface area contributed by atoms with Gasteiger partial charge in [0.25, 0.3) is 5.91 Å². The van der Waals surface area contributed by atoms with E-state index < -0.39 is 18.0 Å². The van der Waals surface area contributed by atoms with Gasteiger partial charge in [0, 0.05) is 12.7 Å². The van der Waals surface area contributed by atoms with Crippen LogP contribution in [0.4, 0.5) is 13.2 Å². The van der Waals surface area contributed by atoms with Crippen molar-refractivity contribution in [2.75, 3.05) is 26.3 Å². The lowest BCUT2D eigenvalue weighted by molar-refractivity contribution is -0.141. The Balaban J connectivity index is 1.52. The molecule has 0 aliphatic carbocycles. The lowest BCUT2D eigenvalue weighted by Crippen LogP contribution is -2.46. The van der Waals surface area contributed by atoms with E-state index in [1.165, 1.54) is 0 Å². The third-order valence-electron chi connectivity index (χ3n) is 4.42. The molecule has 0 N–H and O–H groups in total. The molecule has 1 aliphatic rings. The van der Waals surface area contributed by atoms with E-state index in [4.69, 9.17) is 14.2 Å². The van der Waals surface area contributed by atoms with Gasteiger partial charge in [-0.3, -0.25) is 4.79 Å². The van der Waals surface area contributed by atoms with E-state index in [1.54, 1.807) is 29.2 Å². The van der Waals surface area contributed by atoms with Gasteiger partial charge in [0.1, 0.15) is 17.6 Å². The van der Waals surface area contributed by atoms with E-state index in [1.807, 2.05) is 6.92 Å². The van der Waals surface area contributed by atoms with Crippen molar-refractivity contribution in [3.05, 3.63) is 42.2 Å². The van der Waals surface area contributed by atoms with E-state index in [-0.39, 0.29) is 25.1 Å². The van der Waals surface area contributed by atoms with Gasteiger partial charge < -0.3 is 19.1 Å². The van der Waals surface area contributed by atoms with Gasteiger partial charge in [-0.1, -0.05) is 0 Å². The van der Waals surface area contributed by atoms with Crippen LogP contribution in [0.2, 0.25) is 0 Å². The Morgan fingerprint density at radius 2 is 1.87 bits per heavy atom. The van der Waals surface area contributed by atoms with Crippen LogP contribution < -0.4 is 14.2 Å². The first-order chi connectivity index (χ1) is 14.3. The molecule has 2 heterocycles. The minimum Gasteiger partial charge on any atom is -0.494 e. The van der Waals surface area contributed by atoms with Crippen molar-refractivity contribution >= 4 is 5.91 Å². The molecule has 1 aromatic carbocycles. The average Bonchev–Trinajstić information content (AvgIpc) is 2.73. The molecule has 2 aromatic rings. The lowest BCUT2D eigenvalue weighted by Gasteiger charge is -2.32. The molecule has 1 unspecified atom stereocenters. The second kappa shape index (κ2) is 9.64. The number of halogens is 3. The summed E-state index contributed by atoms with van der Waals surface area (Å²) in [6.45, 7) is 3.04. The van der Waals surface area contributed by atoms with Crippen molar-refractivity contribution in [1.29, 1.82) is 0 Å². The molecule has 1 atom stereocenters. The standard InChI is InChI=1S/C20H22F3N3O4/c1-2-28-14-5-7-15(8-6-14)29-13-18(27)26-11-3-4-16(12-26)30-19-24-10-9-17(25-19)20(21,22)23/h5-10,16H,2-4,11-13H2,1H3. The van der Waals surface area contributed by atoms with Crippen LogP contribution in [0.1, 0.15) is 25.5 Å². The molecule has 1 saturated heterocycles. The number of carbonyl (C=O) groups is 1. The normalized spacial score (nSPS) is 16.8. The maximum absolute atomic E-state index is 12.8. The summed E-state index contributed by atoms with van der Waals surface area (Å²) in [6, 6.07) is 7.36. The highest BCUT2D eigenvalue weighted by Gasteiger charge is 2.33. The van der Waals surface area contributed by atoms with Crippen molar-refractivity contribution in [3.8, 4) is 17.5 Å². The maximum Gasteiger partial charge on any atom is 0.433 e. The number of carbonyl (C=O) groups excluding carboxylic acids is 1. The Bertz CT molecular complexity index is 846. The third kappa shape index (κ3) is 5.98. The molecule has 162 valence electrons. The molecule has 7 nitrogen and oxygen atoms in total. The summed E-state index contributed by atoms with van der Waals surface area (Å²) in [5.74, 6) is 1.01. The average molecular weight is 425 g/mol. The molecule has 0 radical (unpaired) electrons. The van der Waals surface area contributed by atoms with Crippen LogP contribution in [0.25, 0.3) is 0 Å². The maximum atomic E-state index is 12.8. The molecule has 0 bridgehead atoms. The summed E-state index contributed by atoms with van der Waals surface area (Å²) in [5, 5.41) is 0. The first-order valence-electron chi connectivity index (χ1n) is 9.55. The fraction of sp³-hybridized carbons (Fsp3) is 0.450. The fourth-order valence-electron chi connectivity index (χ4n) is 3.00. The topological polar surface area (TPSA) is 73.8 Å². The second-order valence-electron chi connectivity index (χ2n) is 6.64. The third-order valence-corrected chi connectivity index (χ3v) is 4.42. The summed E-state index contributed by atoms with van der Waals surface area (Å²) in [6.07, 6.45) is -2.83. The summed E-state index contributed by atoms with van der Waals surface area (Å²) in [5.41, 5.74) is -1.07. The van der Waals surface area contributed by atoms with Crippen molar-refractivity contribution in [1.82, 2.24) is 14.9 Å². The molecule has 1 fully saturated rings. The molecule has 0 spiro atoms. The quantitative estimate of drug-likeness (QED) is 0.678. The van der Waals surface area contributed by atoms with Crippen LogP contribution in [0.5, 0.6) is 17.5 Å². The Hall–Kier alpha value is -3.04. The van der Waals surface area contributed by atoms with E-state index in [0.29, 0.717) is 37.5 Å². The molecule has 0 saturated carbocycles. The zero-order valence-corrected chi connectivity index (χ0v) is 16.4. The van der Waals surface area contributed by atoms with Gasteiger partial charge in [0.2, 0.25) is 0 Å². The van der Waals surface area contributed by atoms with Crippen LogP contribution >= 0.6 is 0 Å². The van der Waals surface area contributed by atoms with Crippen molar-refractivity contribution in [2.24, 2.45) is 0 Å². The largest absolute Gasteiger partial charge is 0.494 e. The summed E-state index contributed by atoms with van der Waals surface area (Å²) < 4.78 is 54.7. The Morgan fingerprint density at radius 1 is 1.17 bits per heavy atom. The van der Waals surface area contributed by atoms with Crippen LogP contribution in [0.15, 0.2) is 36.5 Å². The molecular weight excluding hydrogens is 403 g/mol. The van der Waals surface area contributed by atoms with Crippen LogP contribution in [-0.4, -0.2) is 53.2 Å². The number of aromatic nitrogens is 2. The highest BCUT2D eigenvalue weighted by Crippen LogP contribution is 2.28. The minimum absolute atomic E-state index is 0.152. The van der Waals surface area contributed by atoms with Gasteiger partial charge in [-0.15, -0.1) is 0 Å². The minimum atomic E-state index is -4.58. The Labute approximate surface area is 171 Å². The van der Waals surface area contributed by atoms with Crippen molar-refractivity contribution < 1.29 is 32.2 Å². The molecule has 1 aromatic heterocycles. The van der Waals surface area contributed by atoms with Gasteiger partial charge in [-0.25, -0.2) is 4.98 Å². The number of rotatable bonds is 7. The predicted octanol–water partition coefficient (Wildman–Crippen LogP) is 3.34. The Morgan fingerprint density at radius 3 is 2.53 bits per heavy atom. The molecular formula is C20H22F3N3O4. The number of hydrogen-bond donors (Lipinski definition) is 0. The number of ether oxygens (including phenoxy) is 3. The summed E-state index contributed by atoms with van der Waals surface area (Å²) >= 11 is 0. The van der Waals surface area contributed by atoms with Gasteiger partial charge in [-0.05, 0) is 50.1 Å².